The van der Waals surface area contributed by atoms with Gasteiger partial charge < -0.3 is 5.32 Å². The average molecular weight is 252 g/mol. The summed E-state index contributed by atoms with van der Waals surface area (Å²) in [6.45, 7) is 7.90. The summed E-state index contributed by atoms with van der Waals surface area (Å²) >= 11 is 1.83. The van der Waals surface area contributed by atoms with E-state index in [4.69, 9.17) is 0 Å². The lowest BCUT2D eigenvalue weighted by atomic mass is 9.93. The van der Waals surface area contributed by atoms with Crippen molar-refractivity contribution in [3.8, 4) is 0 Å². The first-order valence-electron chi connectivity index (χ1n) is 6.85. The number of aryl methyl sites for hydroxylation is 1. The normalized spacial score (nSPS) is 28.8. The van der Waals surface area contributed by atoms with Gasteiger partial charge in [-0.05, 0) is 44.6 Å². The quantitative estimate of drug-likeness (QED) is 0.868. The summed E-state index contributed by atoms with van der Waals surface area (Å²) in [7, 11) is 0. The molecular formula is C14H24N2S. The molecule has 0 radical (unpaired) electrons. The van der Waals surface area contributed by atoms with Gasteiger partial charge in [-0.25, -0.2) is 4.98 Å². The first-order valence-corrected chi connectivity index (χ1v) is 7.73. The van der Waals surface area contributed by atoms with Crippen molar-refractivity contribution < 1.29 is 0 Å². The Morgan fingerprint density at radius 3 is 2.94 bits per heavy atom. The molecule has 0 aliphatic heterocycles. The van der Waals surface area contributed by atoms with Crippen molar-refractivity contribution in [3.05, 3.63) is 16.1 Å². The van der Waals surface area contributed by atoms with Crippen LogP contribution in [0.2, 0.25) is 0 Å². The van der Waals surface area contributed by atoms with E-state index in [1.54, 1.807) is 0 Å². The summed E-state index contributed by atoms with van der Waals surface area (Å²) in [6.07, 6.45) is 5.13. The van der Waals surface area contributed by atoms with E-state index in [0.717, 1.165) is 24.4 Å². The van der Waals surface area contributed by atoms with Gasteiger partial charge in [0.15, 0.2) is 0 Å². The van der Waals surface area contributed by atoms with Gasteiger partial charge in [0.25, 0.3) is 0 Å². The van der Waals surface area contributed by atoms with Crippen LogP contribution in [-0.4, -0.2) is 17.6 Å². The van der Waals surface area contributed by atoms with E-state index in [-0.39, 0.29) is 0 Å². The minimum Gasteiger partial charge on any atom is -0.314 e. The zero-order valence-electron chi connectivity index (χ0n) is 11.2. The van der Waals surface area contributed by atoms with Gasteiger partial charge >= 0.3 is 0 Å². The minimum atomic E-state index is 0.737. The Labute approximate surface area is 109 Å². The van der Waals surface area contributed by atoms with Crippen molar-refractivity contribution >= 4 is 11.3 Å². The Kier molecular flexibility index (Phi) is 4.57. The van der Waals surface area contributed by atoms with Gasteiger partial charge in [-0.1, -0.05) is 13.8 Å². The molecule has 2 rings (SSSR count). The number of hydrogen-bond donors (Lipinski definition) is 1. The van der Waals surface area contributed by atoms with Crippen LogP contribution in [0, 0.1) is 18.8 Å². The molecule has 1 saturated carbocycles. The lowest BCUT2D eigenvalue weighted by Gasteiger charge is -2.21. The van der Waals surface area contributed by atoms with Gasteiger partial charge in [-0.15, -0.1) is 11.3 Å². The van der Waals surface area contributed by atoms with Crippen LogP contribution in [0.25, 0.3) is 0 Å². The minimum absolute atomic E-state index is 0.737. The molecular weight excluding hydrogens is 228 g/mol. The van der Waals surface area contributed by atoms with E-state index in [0.29, 0.717) is 0 Å². The van der Waals surface area contributed by atoms with Crippen LogP contribution < -0.4 is 5.32 Å². The molecule has 3 unspecified atom stereocenters. The van der Waals surface area contributed by atoms with Crippen LogP contribution in [-0.2, 0) is 6.42 Å². The predicted molar refractivity (Wildman–Crippen MR) is 74.5 cm³/mol. The second kappa shape index (κ2) is 5.96. The standard InChI is InChI=1S/C14H24N2S/c1-4-7-15-13-6-5-12(11(13)3)8-14-16-10(2)9-17-14/h9,11-13,15H,4-8H2,1-3H3. The average Bonchev–Trinajstić information content (AvgIpc) is 2.86. The highest BCUT2D eigenvalue weighted by Gasteiger charge is 2.32. The summed E-state index contributed by atoms with van der Waals surface area (Å²) < 4.78 is 0. The Balaban J connectivity index is 1.86. The van der Waals surface area contributed by atoms with E-state index in [9.17, 15) is 0 Å². The maximum absolute atomic E-state index is 4.59. The highest BCUT2D eigenvalue weighted by Crippen LogP contribution is 2.34. The van der Waals surface area contributed by atoms with Gasteiger partial charge in [0.1, 0.15) is 0 Å². The van der Waals surface area contributed by atoms with E-state index in [1.165, 1.54) is 36.4 Å². The van der Waals surface area contributed by atoms with Gasteiger partial charge in [0.05, 0.1) is 5.01 Å². The fourth-order valence-electron chi connectivity index (χ4n) is 2.87. The van der Waals surface area contributed by atoms with Crippen molar-refractivity contribution in [3.63, 3.8) is 0 Å². The number of hydrogen-bond acceptors (Lipinski definition) is 3. The van der Waals surface area contributed by atoms with Crippen molar-refractivity contribution in [2.45, 2.75) is 52.5 Å². The maximum Gasteiger partial charge on any atom is 0.0930 e. The van der Waals surface area contributed by atoms with Gasteiger partial charge in [0.2, 0.25) is 0 Å². The molecule has 3 atom stereocenters. The topological polar surface area (TPSA) is 24.9 Å². The molecule has 0 amide bonds. The molecule has 17 heavy (non-hydrogen) atoms. The van der Waals surface area contributed by atoms with E-state index >= 15 is 0 Å². The predicted octanol–water partition coefficient (Wildman–Crippen LogP) is 3.41. The summed E-state index contributed by atoms with van der Waals surface area (Å²) in [6, 6.07) is 0.737. The van der Waals surface area contributed by atoms with E-state index in [1.807, 2.05) is 11.3 Å². The third kappa shape index (κ3) is 3.29. The molecule has 0 aromatic carbocycles. The fraction of sp³-hybridized carbons (Fsp3) is 0.786. The van der Waals surface area contributed by atoms with Crippen molar-refractivity contribution in [2.24, 2.45) is 11.8 Å². The molecule has 0 spiro atoms. The van der Waals surface area contributed by atoms with Gasteiger partial charge in [-0.2, -0.15) is 0 Å². The Morgan fingerprint density at radius 2 is 2.29 bits per heavy atom. The number of nitrogens with zero attached hydrogens (tertiary/aromatic N) is 1. The lowest BCUT2D eigenvalue weighted by molar-refractivity contribution is 0.351. The SMILES string of the molecule is CCCNC1CCC(Cc2nc(C)cs2)C1C. The highest BCUT2D eigenvalue weighted by molar-refractivity contribution is 7.09. The molecule has 2 nitrogen and oxygen atoms in total. The van der Waals surface area contributed by atoms with Crippen LogP contribution in [0.4, 0.5) is 0 Å². The largest absolute Gasteiger partial charge is 0.314 e. The Morgan fingerprint density at radius 1 is 1.47 bits per heavy atom. The van der Waals surface area contributed by atoms with Gasteiger partial charge in [0, 0.05) is 23.5 Å². The maximum atomic E-state index is 4.59. The van der Waals surface area contributed by atoms with Crippen molar-refractivity contribution in [1.82, 2.24) is 10.3 Å². The molecule has 1 N–H and O–H groups in total. The van der Waals surface area contributed by atoms with Crippen LogP contribution in [0.1, 0.15) is 43.8 Å². The monoisotopic (exact) mass is 252 g/mol. The zero-order valence-corrected chi connectivity index (χ0v) is 12.0. The molecule has 1 heterocycles. The molecule has 1 aromatic rings. The Bertz CT molecular complexity index is 348. The Hall–Kier alpha value is -0.410. The zero-order chi connectivity index (χ0) is 12.3. The molecule has 1 aromatic heterocycles. The number of rotatable bonds is 5. The van der Waals surface area contributed by atoms with Gasteiger partial charge in [-0.3, -0.25) is 0 Å². The number of thiazole rings is 1. The second-order valence-corrected chi connectivity index (χ2v) is 6.29. The molecule has 96 valence electrons. The molecule has 1 aliphatic carbocycles. The van der Waals surface area contributed by atoms with Crippen molar-refractivity contribution in [2.75, 3.05) is 6.54 Å². The summed E-state index contributed by atoms with van der Waals surface area (Å²) in [5.74, 6) is 1.63. The highest BCUT2D eigenvalue weighted by atomic mass is 32.1. The second-order valence-electron chi connectivity index (χ2n) is 5.34. The summed E-state index contributed by atoms with van der Waals surface area (Å²) in [5, 5.41) is 7.18. The van der Waals surface area contributed by atoms with E-state index < -0.39 is 0 Å². The van der Waals surface area contributed by atoms with Crippen LogP contribution in [0.3, 0.4) is 0 Å². The third-order valence-electron chi connectivity index (χ3n) is 3.99. The van der Waals surface area contributed by atoms with Crippen LogP contribution in [0.15, 0.2) is 5.38 Å². The van der Waals surface area contributed by atoms with Crippen molar-refractivity contribution in [1.29, 1.82) is 0 Å². The summed E-state index contributed by atoms with van der Waals surface area (Å²) in [5.41, 5.74) is 1.18. The van der Waals surface area contributed by atoms with E-state index in [2.05, 4.69) is 36.5 Å². The fourth-order valence-corrected chi connectivity index (χ4v) is 3.74. The number of aromatic nitrogens is 1. The third-order valence-corrected chi connectivity index (χ3v) is 4.98. The molecule has 1 aliphatic rings. The smallest absolute Gasteiger partial charge is 0.0930 e. The molecule has 3 heteroatoms. The lowest BCUT2D eigenvalue weighted by Crippen LogP contribution is -2.33. The summed E-state index contributed by atoms with van der Waals surface area (Å²) in [4.78, 5) is 4.59. The first kappa shape index (κ1) is 13.0. The molecule has 0 bridgehead atoms. The molecule has 1 fully saturated rings. The van der Waals surface area contributed by atoms with Crippen LogP contribution in [0.5, 0.6) is 0 Å². The van der Waals surface area contributed by atoms with Crippen LogP contribution >= 0.6 is 11.3 Å². The first-order chi connectivity index (χ1) is 8.20. The number of nitrogens with one attached hydrogen (secondary N) is 1. The molecule has 0 saturated heterocycles.